The third-order valence-electron chi connectivity index (χ3n) is 5.39. The number of hydrogen-bond donors (Lipinski definition) is 0. The Balaban J connectivity index is 1.71. The molecule has 32 heavy (non-hydrogen) atoms. The van der Waals surface area contributed by atoms with Gasteiger partial charge in [0.1, 0.15) is 5.75 Å². The summed E-state index contributed by atoms with van der Waals surface area (Å²) in [7, 11) is 4.55. The number of carbonyl (C=O) groups is 2. The maximum atomic E-state index is 13.2. The quantitative estimate of drug-likeness (QED) is 0.656. The molecule has 0 aliphatic carbocycles. The van der Waals surface area contributed by atoms with Crippen LogP contribution in [0.1, 0.15) is 34.1 Å². The maximum Gasteiger partial charge on any atom is 0.254 e. The van der Waals surface area contributed by atoms with E-state index in [-0.39, 0.29) is 11.8 Å². The molecule has 0 radical (unpaired) electrons. The molecule has 1 saturated heterocycles. The zero-order chi connectivity index (χ0) is 23.1. The van der Waals surface area contributed by atoms with Crippen molar-refractivity contribution < 1.29 is 28.5 Å². The molecule has 0 atom stereocenters. The molecule has 1 fully saturated rings. The molecule has 0 unspecified atom stereocenters. The lowest BCUT2D eigenvalue weighted by Crippen LogP contribution is -2.37. The van der Waals surface area contributed by atoms with Crippen molar-refractivity contribution in [1.82, 2.24) is 9.80 Å². The van der Waals surface area contributed by atoms with Gasteiger partial charge in [0, 0.05) is 37.3 Å². The van der Waals surface area contributed by atoms with E-state index >= 15 is 0 Å². The topological polar surface area (TPSA) is 77.5 Å². The van der Waals surface area contributed by atoms with Crippen molar-refractivity contribution in [3.05, 3.63) is 47.5 Å². The minimum Gasteiger partial charge on any atom is -0.494 e. The number of rotatable bonds is 7. The van der Waals surface area contributed by atoms with E-state index in [4.69, 9.17) is 18.9 Å². The summed E-state index contributed by atoms with van der Waals surface area (Å²) in [6.45, 7) is 4.55. The van der Waals surface area contributed by atoms with Crippen LogP contribution in [0.25, 0.3) is 0 Å². The molecule has 1 aliphatic rings. The summed E-state index contributed by atoms with van der Waals surface area (Å²) in [6, 6.07) is 10.5. The lowest BCUT2D eigenvalue weighted by molar-refractivity contribution is 0.0718. The molecule has 172 valence electrons. The average molecular weight is 443 g/mol. The number of amides is 2. The number of ether oxygens (including phenoxy) is 4. The highest BCUT2D eigenvalue weighted by Crippen LogP contribution is 2.38. The SMILES string of the molecule is CCOc1ccc(C(=O)N2CCCN(C(=O)c3cc(OC)c(OC)c(OC)c3)CC2)cc1. The fourth-order valence-electron chi connectivity index (χ4n) is 3.75. The molecule has 1 heterocycles. The van der Waals surface area contributed by atoms with Gasteiger partial charge >= 0.3 is 0 Å². The lowest BCUT2D eigenvalue weighted by atomic mass is 10.1. The van der Waals surface area contributed by atoms with E-state index in [1.807, 2.05) is 6.92 Å². The highest BCUT2D eigenvalue weighted by molar-refractivity contribution is 5.96. The van der Waals surface area contributed by atoms with Gasteiger partial charge in [-0.15, -0.1) is 0 Å². The van der Waals surface area contributed by atoms with Crippen LogP contribution in [0.4, 0.5) is 0 Å². The molecule has 0 aromatic heterocycles. The Labute approximate surface area is 188 Å². The van der Waals surface area contributed by atoms with Gasteiger partial charge in [0.15, 0.2) is 11.5 Å². The van der Waals surface area contributed by atoms with E-state index in [9.17, 15) is 9.59 Å². The van der Waals surface area contributed by atoms with Crippen LogP contribution in [0.15, 0.2) is 36.4 Å². The van der Waals surface area contributed by atoms with E-state index in [1.165, 1.54) is 21.3 Å². The van der Waals surface area contributed by atoms with Gasteiger partial charge in [0.25, 0.3) is 11.8 Å². The molecule has 3 rings (SSSR count). The summed E-state index contributed by atoms with van der Waals surface area (Å²) in [4.78, 5) is 29.7. The first-order valence-corrected chi connectivity index (χ1v) is 10.6. The molecule has 2 amide bonds. The summed E-state index contributed by atoms with van der Waals surface area (Å²) in [5.41, 5.74) is 1.06. The third kappa shape index (κ3) is 5.07. The number of nitrogens with zero attached hydrogens (tertiary/aromatic N) is 2. The van der Waals surface area contributed by atoms with Crippen LogP contribution in [-0.2, 0) is 0 Å². The molecule has 2 aromatic rings. The molecule has 1 aliphatic heterocycles. The Morgan fingerprint density at radius 3 is 1.78 bits per heavy atom. The Morgan fingerprint density at radius 1 is 0.781 bits per heavy atom. The average Bonchev–Trinajstić information content (AvgIpc) is 3.09. The molecular formula is C24H30N2O6. The third-order valence-corrected chi connectivity index (χ3v) is 5.39. The van der Waals surface area contributed by atoms with Crippen molar-refractivity contribution in [1.29, 1.82) is 0 Å². The normalized spacial score (nSPS) is 13.9. The molecule has 0 bridgehead atoms. The number of methoxy groups -OCH3 is 3. The van der Waals surface area contributed by atoms with Gasteiger partial charge in [0.05, 0.1) is 27.9 Å². The van der Waals surface area contributed by atoms with E-state index in [2.05, 4.69) is 0 Å². The van der Waals surface area contributed by atoms with Crippen LogP contribution in [0.3, 0.4) is 0 Å². The molecular weight excluding hydrogens is 412 g/mol. The Hall–Kier alpha value is -3.42. The smallest absolute Gasteiger partial charge is 0.254 e. The first kappa shape index (κ1) is 23.2. The second kappa shape index (κ2) is 10.7. The molecule has 2 aromatic carbocycles. The van der Waals surface area contributed by atoms with Gasteiger partial charge in [-0.2, -0.15) is 0 Å². The summed E-state index contributed by atoms with van der Waals surface area (Å²) < 4.78 is 21.5. The fraction of sp³-hybridized carbons (Fsp3) is 0.417. The second-order valence-corrected chi connectivity index (χ2v) is 7.31. The molecule has 8 heteroatoms. The highest BCUT2D eigenvalue weighted by Gasteiger charge is 2.25. The fourth-order valence-corrected chi connectivity index (χ4v) is 3.75. The first-order valence-electron chi connectivity index (χ1n) is 10.6. The van der Waals surface area contributed by atoms with Crippen LogP contribution in [-0.4, -0.2) is 75.7 Å². The summed E-state index contributed by atoms with van der Waals surface area (Å²) >= 11 is 0. The number of hydrogen-bond acceptors (Lipinski definition) is 6. The van der Waals surface area contributed by atoms with Crippen LogP contribution < -0.4 is 18.9 Å². The van der Waals surface area contributed by atoms with Gasteiger partial charge in [-0.3, -0.25) is 9.59 Å². The summed E-state index contributed by atoms with van der Waals surface area (Å²) in [5.74, 6) is 1.85. The van der Waals surface area contributed by atoms with Crippen LogP contribution in [0.2, 0.25) is 0 Å². The van der Waals surface area contributed by atoms with Gasteiger partial charge in [-0.25, -0.2) is 0 Å². The highest BCUT2D eigenvalue weighted by atomic mass is 16.5. The summed E-state index contributed by atoms with van der Waals surface area (Å²) in [5, 5.41) is 0. The Morgan fingerprint density at radius 2 is 1.31 bits per heavy atom. The summed E-state index contributed by atoms with van der Waals surface area (Å²) in [6.07, 6.45) is 0.693. The minimum atomic E-state index is -0.139. The van der Waals surface area contributed by atoms with E-state index in [0.29, 0.717) is 67.6 Å². The van der Waals surface area contributed by atoms with Crippen molar-refractivity contribution in [2.24, 2.45) is 0 Å². The maximum absolute atomic E-state index is 13.2. The van der Waals surface area contributed by atoms with Crippen molar-refractivity contribution in [3.63, 3.8) is 0 Å². The van der Waals surface area contributed by atoms with Crippen LogP contribution in [0.5, 0.6) is 23.0 Å². The van der Waals surface area contributed by atoms with E-state index < -0.39 is 0 Å². The Bertz CT molecular complexity index is 919. The molecule has 0 spiro atoms. The van der Waals surface area contributed by atoms with Crippen molar-refractivity contribution in [2.45, 2.75) is 13.3 Å². The first-order chi connectivity index (χ1) is 15.5. The minimum absolute atomic E-state index is 0.0462. The van der Waals surface area contributed by atoms with Crippen molar-refractivity contribution in [3.8, 4) is 23.0 Å². The van der Waals surface area contributed by atoms with Crippen molar-refractivity contribution in [2.75, 3.05) is 54.1 Å². The molecule has 0 saturated carbocycles. The zero-order valence-corrected chi connectivity index (χ0v) is 19.1. The Kier molecular flexibility index (Phi) is 7.81. The lowest BCUT2D eigenvalue weighted by Gasteiger charge is -2.23. The standard InChI is InChI=1S/C24H30N2O6/c1-5-32-19-9-7-17(8-10-19)23(27)25-11-6-12-26(14-13-25)24(28)18-15-20(29-2)22(31-4)21(16-18)30-3/h7-10,15-16H,5-6,11-14H2,1-4H3. The van der Waals surface area contributed by atoms with Gasteiger partial charge < -0.3 is 28.7 Å². The van der Waals surface area contributed by atoms with Crippen LogP contribution >= 0.6 is 0 Å². The molecule has 8 nitrogen and oxygen atoms in total. The predicted octanol–water partition coefficient (Wildman–Crippen LogP) is 3.10. The van der Waals surface area contributed by atoms with Gasteiger partial charge in [-0.1, -0.05) is 0 Å². The predicted molar refractivity (Wildman–Crippen MR) is 120 cm³/mol. The van der Waals surface area contributed by atoms with E-state index in [0.717, 1.165) is 5.75 Å². The van der Waals surface area contributed by atoms with Crippen molar-refractivity contribution >= 4 is 11.8 Å². The second-order valence-electron chi connectivity index (χ2n) is 7.31. The van der Waals surface area contributed by atoms with E-state index in [1.54, 1.807) is 46.2 Å². The number of carbonyl (C=O) groups excluding carboxylic acids is 2. The van der Waals surface area contributed by atoms with Crippen LogP contribution in [0, 0.1) is 0 Å². The molecule has 0 N–H and O–H groups in total. The largest absolute Gasteiger partial charge is 0.494 e. The zero-order valence-electron chi connectivity index (χ0n) is 19.1. The van der Waals surface area contributed by atoms with Gasteiger partial charge in [-0.05, 0) is 49.7 Å². The monoisotopic (exact) mass is 442 g/mol. The van der Waals surface area contributed by atoms with Gasteiger partial charge in [0.2, 0.25) is 5.75 Å². The number of benzene rings is 2.